The zero-order chi connectivity index (χ0) is 19.5. The van der Waals surface area contributed by atoms with Crippen LogP contribution in [0.15, 0.2) is 65.0 Å². The Hall–Kier alpha value is -2.70. The number of amides is 1. The number of fused-ring (bicyclic) bond motifs is 1. The molecule has 0 fully saturated rings. The van der Waals surface area contributed by atoms with Crippen molar-refractivity contribution in [1.82, 2.24) is 10.2 Å². The molecular weight excluding hydrogens is 386 g/mol. The molecule has 1 N–H and O–H groups in total. The lowest BCUT2D eigenvalue weighted by atomic mass is 10.1. The molecule has 4 rings (SSSR count). The average molecular weight is 406 g/mol. The fourth-order valence-electron chi connectivity index (χ4n) is 2.93. The first-order valence-corrected chi connectivity index (χ1v) is 10.7. The van der Waals surface area contributed by atoms with E-state index >= 15 is 0 Å². The van der Waals surface area contributed by atoms with E-state index in [1.54, 1.807) is 11.8 Å². The van der Waals surface area contributed by atoms with Crippen molar-refractivity contribution in [2.24, 2.45) is 0 Å². The molecule has 4 aromatic rings. The predicted octanol–water partition coefficient (Wildman–Crippen LogP) is 5.85. The molecule has 0 atom stereocenters. The lowest BCUT2D eigenvalue weighted by Gasteiger charge is -2.05. The first kappa shape index (κ1) is 18.7. The van der Waals surface area contributed by atoms with Crippen molar-refractivity contribution >= 4 is 44.9 Å². The number of aromatic nitrogens is 2. The third-order valence-corrected chi connectivity index (χ3v) is 6.65. The Morgan fingerprint density at radius 2 is 1.82 bits per heavy atom. The van der Waals surface area contributed by atoms with Gasteiger partial charge in [-0.1, -0.05) is 71.6 Å². The number of anilines is 1. The number of hydrogen-bond donors (Lipinski definition) is 1. The van der Waals surface area contributed by atoms with Gasteiger partial charge in [0.1, 0.15) is 0 Å². The van der Waals surface area contributed by atoms with E-state index in [0.29, 0.717) is 10.7 Å². The van der Waals surface area contributed by atoms with E-state index in [1.807, 2.05) is 32.0 Å². The Kier molecular flexibility index (Phi) is 5.41. The smallest absolute Gasteiger partial charge is 0.257 e. The van der Waals surface area contributed by atoms with Crippen molar-refractivity contribution in [2.45, 2.75) is 23.9 Å². The van der Waals surface area contributed by atoms with Gasteiger partial charge in [-0.2, -0.15) is 0 Å². The van der Waals surface area contributed by atoms with E-state index in [1.165, 1.54) is 33.2 Å². The molecule has 0 saturated heterocycles. The van der Waals surface area contributed by atoms with Crippen molar-refractivity contribution < 1.29 is 4.79 Å². The van der Waals surface area contributed by atoms with Gasteiger partial charge in [0.05, 0.1) is 0 Å². The molecule has 0 spiro atoms. The molecule has 3 aromatic carbocycles. The molecule has 0 aliphatic rings. The topological polar surface area (TPSA) is 54.9 Å². The predicted molar refractivity (Wildman–Crippen MR) is 117 cm³/mol. The Bertz CT molecular complexity index is 1150. The second kappa shape index (κ2) is 8.12. The number of hydrogen-bond acceptors (Lipinski definition) is 5. The molecule has 0 unspecified atom stereocenters. The van der Waals surface area contributed by atoms with Crippen molar-refractivity contribution in [3.8, 4) is 0 Å². The maximum Gasteiger partial charge on any atom is 0.257 e. The van der Waals surface area contributed by atoms with E-state index in [2.05, 4.69) is 58.0 Å². The van der Waals surface area contributed by atoms with Crippen LogP contribution in [0.25, 0.3) is 10.8 Å². The summed E-state index contributed by atoms with van der Waals surface area (Å²) in [6.07, 6.45) is 0. The van der Waals surface area contributed by atoms with Crippen molar-refractivity contribution in [3.05, 3.63) is 82.9 Å². The van der Waals surface area contributed by atoms with Gasteiger partial charge in [0.25, 0.3) is 5.91 Å². The van der Waals surface area contributed by atoms with Crippen LogP contribution in [0.5, 0.6) is 0 Å². The Morgan fingerprint density at radius 1 is 1.00 bits per heavy atom. The molecule has 0 aliphatic carbocycles. The first-order chi connectivity index (χ1) is 13.6. The van der Waals surface area contributed by atoms with Gasteiger partial charge in [-0.3, -0.25) is 10.1 Å². The number of carbonyl (C=O) groups is 1. The number of benzene rings is 3. The quantitative estimate of drug-likeness (QED) is 0.334. The molecule has 6 heteroatoms. The summed E-state index contributed by atoms with van der Waals surface area (Å²) < 4.78 is 0.836. The summed E-state index contributed by atoms with van der Waals surface area (Å²) in [4.78, 5) is 12.4. The SMILES string of the molecule is Cc1ccc(C(=O)Nc2nnc(SCc3cccc4ccccc34)s2)cc1C. The summed E-state index contributed by atoms with van der Waals surface area (Å²) in [6.45, 7) is 4.03. The van der Waals surface area contributed by atoms with Gasteiger partial charge in [-0.15, -0.1) is 10.2 Å². The van der Waals surface area contributed by atoms with E-state index < -0.39 is 0 Å². The van der Waals surface area contributed by atoms with E-state index in [9.17, 15) is 4.79 Å². The molecule has 4 nitrogen and oxygen atoms in total. The van der Waals surface area contributed by atoms with Gasteiger partial charge in [0.15, 0.2) is 4.34 Å². The van der Waals surface area contributed by atoms with Gasteiger partial charge in [-0.25, -0.2) is 0 Å². The van der Waals surface area contributed by atoms with Gasteiger partial charge >= 0.3 is 0 Å². The largest absolute Gasteiger partial charge is 0.296 e. The molecule has 0 radical (unpaired) electrons. The van der Waals surface area contributed by atoms with Crippen molar-refractivity contribution in [1.29, 1.82) is 0 Å². The van der Waals surface area contributed by atoms with Crippen LogP contribution in [0.4, 0.5) is 5.13 Å². The highest BCUT2D eigenvalue weighted by molar-refractivity contribution is 8.00. The molecule has 28 heavy (non-hydrogen) atoms. The van der Waals surface area contributed by atoms with Crippen LogP contribution in [0.1, 0.15) is 27.0 Å². The minimum absolute atomic E-state index is 0.162. The normalized spacial score (nSPS) is 10.9. The summed E-state index contributed by atoms with van der Waals surface area (Å²) in [6, 6.07) is 20.4. The average Bonchev–Trinajstić information content (AvgIpc) is 3.15. The number of nitrogens with one attached hydrogen (secondary N) is 1. The Morgan fingerprint density at radius 3 is 2.68 bits per heavy atom. The highest BCUT2D eigenvalue weighted by Gasteiger charge is 2.12. The molecule has 0 saturated carbocycles. The van der Waals surface area contributed by atoms with E-state index in [4.69, 9.17) is 0 Å². The number of nitrogens with zero attached hydrogens (tertiary/aromatic N) is 2. The van der Waals surface area contributed by atoms with Crippen molar-refractivity contribution in [3.63, 3.8) is 0 Å². The standard InChI is InChI=1S/C22H19N3OS2/c1-14-10-11-17(12-15(14)2)20(26)23-21-24-25-22(28-21)27-13-18-8-5-7-16-6-3-4-9-19(16)18/h3-12H,13H2,1-2H3,(H,23,24,26). The molecule has 0 bridgehead atoms. The van der Waals surface area contributed by atoms with Gasteiger partial charge in [0, 0.05) is 11.3 Å². The van der Waals surface area contributed by atoms with Crippen LogP contribution in [0.2, 0.25) is 0 Å². The summed E-state index contributed by atoms with van der Waals surface area (Å²) in [5.74, 6) is 0.644. The highest BCUT2D eigenvalue weighted by Crippen LogP contribution is 2.31. The third kappa shape index (κ3) is 4.08. The summed E-state index contributed by atoms with van der Waals surface area (Å²) in [5, 5.41) is 14.2. The Labute approximate surface area is 172 Å². The molecule has 0 aliphatic heterocycles. The second-order valence-corrected chi connectivity index (χ2v) is 8.75. The highest BCUT2D eigenvalue weighted by atomic mass is 32.2. The number of thioether (sulfide) groups is 1. The lowest BCUT2D eigenvalue weighted by molar-refractivity contribution is 0.102. The molecule has 1 aromatic heterocycles. The maximum absolute atomic E-state index is 12.4. The fraction of sp³-hybridized carbons (Fsp3) is 0.136. The molecule has 1 amide bonds. The number of carbonyl (C=O) groups excluding carboxylic acids is 1. The van der Waals surface area contributed by atoms with Crippen LogP contribution < -0.4 is 5.32 Å². The summed E-state index contributed by atoms with van der Waals surface area (Å²) in [7, 11) is 0. The van der Waals surface area contributed by atoms with Gasteiger partial charge in [-0.05, 0) is 53.4 Å². The number of aryl methyl sites for hydroxylation is 2. The lowest BCUT2D eigenvalue weighted by Crippen LogP contribution is -2.12. The van der Waals surface area contributed by atoms with Crippen LogP contribution in [-0.4, -0.2) is 16.1 Å². The Balaban J connectivity index is 1.43. The molecule has 1 heterocycles. The zero-order valence-corrected chi connectivity index (χ0v) is 17.2. The minimum Gasteiger partial charge on any atom is -0.296 e. The maximum atomic E-state index is 12.4. The fourth-order valence-corrected chi connectivity index (χ4v) is 4.68. The van der Waals surface area contributed by atoms with Crippen LogP contribution in [-0.2, 0) is 5.75 Å². The summed E-state index contributed by atoms with van der Waals surface area (Å²) in [5.41, 5.74) is 4.15. The van der Waals surface area contributed by atoms with Crippen LogP contribution >= 0.6 is 23.1 Å². The molecule has 140 valence electrons. The van der Waals surface area contributed by atoms with Crippen LogP contribution in [0, 0.1) is 13.8 Å². The molecular formula is C22H19N3OS2. The van der Waals surface area contributed by atoms with Gasteiger partial charge in [0.2, 0.25) is 5.13 Å². The van der Waals surface area contributed by atoms with E-state index in [-0.39, 0.29) is 5.91 Å². The van der Waals surface area contributed by atoms with Gasteiger partial charge < -0.3 is 0 Å². The summed E-state index contributed by atoms with van der Waals surface area (Å²) >= 11 is 3.03. The zero-order valence-electron chi connectivity index (χ0n) is 15.6. The number of rotatable bonds is 5. The first-order valence-electron chi connectivity index (χ1n) is 8.92. The minimum atomic E-state index is -0.162. The van der Waals surface area contributed by atoms with Crippen molar-refractivity contribution in [2.75, 3.05) is 5.32 Å². The van der Waals surface area contributed by atoms with E-state index in [0.717, 1.165) is 15.7 Å². The monoisotopic (exact) mass is 405 g/mol. The van der Waals surface area contributed by atoms with Crippen LogP contribution in [0.3, 0.4) is 0 Å². The third-order valence-electron chi connectivity index (χ3n) is 4.63. The second-order valence-electron chi connectivity index (χ2n) is 6.55.